The van der Waals surface area contributed by atoms with Crippen LogP contribution in [0.2, 0.25) is 0 Å². The summed E-state index contributed by atoms with van der Waals surface area (Å²) in [7, 11) is 0. The predicted molar refractivity (Wildman–Crippen MR) is 139 cm³/mol. The van der Waals surface area contributed by atoms with Gasteiger partial charge >= 0.3 is 0 Å². The van der Waals surface area contributed by atoms with Crippen molar-refractivity contribution in [1.82, 2.24) is 0 Å². The van der Waals surface area contributed by atoms with Gasteiger partial charge in [0.25, 0.3) is 0 Å². The van der Waals surface area contributed by atoms with E-state index >= 15 is 0 Å². The fraction of sp³-hybridized carbons (Fsp3) is 0.800. The summed E-state index contributed by atoms with van der Waals surface area (Å²) in [5.74, 6) is -1.88. The van der Waals surface area contributed by atoms with Crippen molar-refractivity contribution in [2.24, 2.45) is 39.4 Å². The van der Waals surface area contributed by atoms with E-state index in [9.17, 15) is 35.1 Å². The highest BCUT2D eigenvalue weighted by molar-refractivity contribution is 5.97. The molecule has 0 aliphatic heterocycles. The number of carbonyl (C=O) groups is 2. The van der Waals surface area contributed by atoms with Gasteiger partial charge in [-0.25, -0.2) is 0 Å². The lowest BCUT2D eigenvalue weighted by Gasteiger charge is -2.65. The van der Waals surface area contributed by atoms with E-state index in [-0.39, 0.29) is 24.0 Å². The molecule has 0 unspecified atom stereocenters. The Morgan fingerprint density at radius 1 is 1.00 bits per heavy atom. The summed E-state index contributed by atoms with van der Waals surface area (Å²) in [5.41, 5.74) is -5.07. The molecule has 0 spiro atoms. The third kappa shape index (κ3) is 3.79. The molecule has 0 radical (unpaired) electrons. The van der Waals surface area contributed by atoms with Crippen molar-refractivity contribution in [1.29, 1.82) is 0 Å². The minimum absolute atomic E-state index is 0.0156. The summed E-state index contributed by atoms with van der Waals surface area (Å²) in [6.07, 6.45) is 3.10. The molecule has 208 valence electrons. The van der Waals surface area contributed by atoms with E-state index in [2.05, 4.69) is 13.0 Å². The van der Waals surface area contributed by atoms with Gasteiger partial charge in [0.05, 0.1) is 23.9 Å². The minimum atomic E-state index is -1.94. The summed E-state index contributed by atoms with van der Waals surface area (Å²) in [4.78, 5) is 27.4. The number of hydrogen-bond acceptors (Lipinski definition) is 7. The monoisotopic (exact) mass is 518 g/mol. The summed E-state index contributed by atoms with van der Waals surface area (Å²) in [6, 6.07) is 0. The third-order valence-electron chi connectivity index (χ3n) is 11.4. The first-order valence-electron chi connectivity index (χ1n) is 13.6. The second-order valence-corrected chi connectivity index (χ2v) is 14.4. The fourth-order valence-electron chi connectivity index (χ4n) is 9.15. The molecule has 10 atom stereocenters. The summed E-state index contributed by atoms with van der Waals surface area (Å²) in [5, 5.41) is 54.6. The van der Waals surface area contributed by atoms with Gasteiger partial charge in [-0.1, -0.05) is 52.3 Å². The number of hydrogen-bond donors (Lipinski definition) is 5. The zero-order valence-corrected chi connectivity index (χ0v) is 23.6. The van der Waals surface area contributed by atoms with E-state index in [4.69, 9.17) is 0 Å². The Morgan fingerprint density at radius 2 is 1.59 bits per heavy atom. The van der Waals surface area contributed by atoms with Crippen LogP contribution < -0.4 is 0 Å². The van der Waals surface area contributed by atoms with Crippen molar-refractivity contribution >= 4 is 11.6 Å². The highest BCUT2D eigenvalue weighted by Crippen LogP contribution is 2.74. The smallest absolute Gasteiger partial charge is 0.187 e. The molecule has 0 heterocycles. The average Bonchev–Trinajstić information content (AvgIpc) is 2.96. The highest BCUT2D eigenvalue weighted by Gasteiger charge is 2.74. The predicted octanol–water partition coefficient (Wildman–Crippen LogP) is 2.72. The van der Waals surface area contributed by atoms with Crippen molar-refractivity contribution in [3.05, 3.63) is 23.8 Å². The van der Waals surface area contributed by atoms with Crippen molar-refractivity contribution in [3.63, 3.8) is 0 Å². The summed E-state index contributed by atoms with van der Waals surface area (Å²) in [6.45, 7) is 14.3. The van der Waals surface area contributed by atoms with Crippen LogP contribution in [-0.4, -0.2) is 66.6 Å². The Hall–Kier alpha value is -1.38. The zero-order chi connectivity index (χ0) is 28.1. The van der Waals surface area contributed by atoms with Gasteiger partial charge in [0.1, 0.15) is 11.4 Å². The maximum absolute atomic E-state index is 14.2. The standard InChI is InChI=1S/C30H46O7/c1-25(2,36)12-11-21(33)30(8,37)23-19(32)14-27(5)20-10-9-16-17(13-18(31)24(35)26(16,3)4)29(20,7)22(34)15-28(23,27)6/h9,11-12,17-20,23-24,31-32,35-37H,10,13-15H2,1-8H3/b12-11+/t17-,18-,19-,20-,23+,24-,27-,28+,29-,30+/m0/s1. The SMILES string of the molecule is CC(C)(O)/C=C/C(=O)[C@@](C)(O)[C@@H]1[C@@H](O)C[C@@]2(C)[C@@H]3CC=C4[C@H](C[C@H](O)[C@H](O)C4(C)C)[C@]3(C)C(=O)C[C@]12C. The summed E-state index contributed by atoms with van der Waals surface area (Å²) >= 11 is 0. The maximum atomic E-state index is 14.2. The topological polar surface area (TPSA) is 135 Å². The van der Waals surface area contributed by atoms with Crippen LogP contribution in [0.15, 0.2) is 23.8 Å². The van der Waals surface area contributed by atoms with E-state index in [1.165, 1.54) is 32.9 Å². The van der Waals surface area contributed by atoms with Crippen LogP contribution in [0.4, 0.5) is 0 Å². The Kier molecular flexibility index (Phi) is 6.43. The van der Waals surface area contributed by atoms with Crippen molar-refractivity contribution in [2.45, 2.75) is 111 Å². The van der Waals surface area contributed by atoms with Crippen LogP contribution in [0, 0.1) is 39.4 Å². The van der Waals surface area contributed by atoms with Gasteiger partial charge in [-0.2, -0.15) is 0 Å². The highest BCUT2D eigenvalue weighted by atomic mass is 16.3. The normalized spacial score (nSPS) is 47.1. The average molecular weight is 519 g/mol. The van der Waals surface area contributed by atoms with E-state index in [0.717, 1.165) is 5.57 Å². The van der Waals surface area contributed by atoms with Crippen LogP contribution in [0.1, 0.15) is 81.1 Å². The van der Waals surface area contributed by atoms with E-state index < -0.39 is 62.9 Å². The quantitative estimate of drug-likeness (QED) is 0.285. The van der Waals surface area contributed by atoms with Gasteiger partial charge in [-0.05, 0) is 68.8 Å². The molecule has 0 aromatic rings. The van der Waals surface area contributed by atoms with Crippen LogP contribution in [0.5, 0.6) is 0 Å². The molecule has 0 bridgehead atoms. The van der Waals surface area contributed by atoms with Crippen molar-refractivity contribution in [2.75, 3.05) is 0 Å². The molecule has 4 rings (SSSR count). The molecule has 4 aliphatic rings. The second-order valence-electron chi connectivity index (χ2n) is 14.4. The number of rotatable bonds is 4. The molecule has 5 N–H and O–H groups in total. The first kappa shape index (κ1) is 28.6. The first-order chi connectivity index (χ1) is 16.7. The van der Waals surface area contributed by atoms with Gasteiger partial charge in [0, 0.05) is 23.2 Å². The molecule has 7 nitrogen and oxygen atoms in total. The first-order valence-corrected chi connectivity index (χ1v) is 13.6. The van der Waals surface area contributed by atoms with Gasteiger partial charge in [-0.3, -0.25) is 9.59 Å². The Balaban J connectivity index is 1.79. The van der Waals surface area contributed by atoms with Gasteiger partial charge in [0.15, 0.2) is 5.78 Å². The number of aliphatic hydroxyl groups excluding tert-OH is 3. The van der Waals surface area contributed by atoms with Gasteiger partial charge < -0.3 is 25.5 Å². The minimum Gasteiger partial charge on any atom is -0.393 e. The molecule has 7 heteroatoms. The molecule has 0 aromatic carbocycles. The lowest BCUT2D eigenvalue weighted by atomic mass is 9.38. The maximum Gasteiger partial charge on any atom is 0.187 e. The van der Waals surface area contributed by atoms with E-state index in [1.54, 1.807) is 0 Å². The number of Topliss-reactive ketones (excluding diaryl/α,β-unsaturated/α-hetero) is 1. The van der Waals surface area contributed by atoms with Crippen LogP contribution >= 0.6 is 0 Å². The molecule has 0 aromatic heterocycles. The molecule has 0 saturated heterocycles. The molecular weight excluding hydrogens is 472 g/mol. The Morgan fingerprint density at radius 3 is 2.16 bits per heavy atom. The number of carbonyl (C=O) groups excluding carboxylic acids is 2. The van der Waals surface area contributed by atoms with Crippen molar-refractivity contribution in [3.8, 4) is 0 Å². The van der Waals surface area contributed by atoms with Crippen LogP contribution in [0.25, 0.3) is 0 Å². The second kappa shape index (κ2) is 8.31. The third-order valence-corrected chi connectivity index (χ3v) is 11.4. The molecule has 37 heavy (non-hydrogen) atoms. The number of fused-ring (bicyclic) bond motifs is 5. The Labute approximate surface area is 220 Å². The lowest BCUT2D eigenvalue weighted by molar-refractivity contribution is -0.186. The largest absolute Gasteiger partial charge is 0.393 e. The lowest BCUT2D eigenvalue weighted by Crippen LogP contribution is -2.65. The Bertz CT molecular complexity index is 1050. The molecule has 3 saturated carbocycles. The molecule has 4 aliphatic carbocycles. The van der Waals surface area contributed by atoms with Crippen molar-refractivity contribution < 1.29 is 35.1 Å². The van der Waals surface area contributed by atoms with Crippen LogP contribution in [-0.2, 0) is 9.59 Å². The number of ketones is 2. The van der Waals surface area contributed by atoms with Gasteiger partial charge in [0.2, 0.25) is 0 Å². The molecular formula is C30H46O7. The molecule has 0 amide bonds. The number of aliphatic hydroxyl groups is 5. The number of allylic oxidation sites excluding steroid dienone is 1. The van der Waals surface area contributed by atoms with Crippen LogP contribution in [0.3, 0.4) is 0 Å². The fourth-order valence-corrected chi connectivity index (χ4v) is 9.15. The van der Waals surface area contributed by atoms with E-state index in [0.29, 0.717) is 19.3 Å². The summed E-state index contributed by atoms with van der Waals surface area (Å²) < 4.78 is 0. The van der Waals surface area contributed by atoms with E-state index in [1.807, 2.05) is 27.7 Å². The molecule has 3 fully saturated rings. The zero-order valence-electron chi connectivity index (χ0n) is 23.6. The van der Waals surface area contributed by atoms with Gasteiger partial charge in [-0.15, -0.1) is 0 Å².